The Bertz CT molecular complexity index is 658. The molecule has 0 amide bonds. The van der Waals surface area contributed by atoms with Gasteiger partial charge in [-0.1, -0.05) is 31.4 Å². The van der Waals surface area contributed by atoms with Crippen molar-refractivity contribution in [2.24, 2.45) is 0 Å². The second-order valence-corrected chi connectivity index (χ2v) is 8.69. The predicted octanol–water partition coefficient (Wildman–Crippen LogP) is 2.27. The lowest BCUT2D eigenvalue weighted by atomic mass is 9.96. The van der Waals surface area contributed by atoms with Crippen LogP contribution in [0.2, 0.25) is 0 Å². The van der Waals surface area contributed by atoms with Crippen LogP contribution in [-0.4, -0.2) is 56.4 Å². The van der Waals surface area contributed by atoms with E-state index in [0.717, 1.165) is 25.7 Å². The largest absolute Gasteiger partial charge is 0.486 e. The first-order valence-electron chi connectivity index (χ1n) is 8.56. The van der Waals surface area contributed by atoms with Gasteiger partial charge in [0.25, 0.3) is 10.2 Å². The molecule has 0 saturated heterocycles. The molecule has 0 aromatic heterocycles. The Morgan fingerprint density at radius 1 is 1.08 bits per heavy atom. The summed E-state index contributed by atoms with van der Waals surface area (Å²) in [6, 6.07) is 7.56. The van der Waals surface area contributed by atoms with Gasteiger partial charge in [0, 0.05) is 20.1 Å². The minimum Gasteiger partial charge on any atom is -0.486 e. The molecule has 1 saturated carbocycles. The molecule has 1 atom stereocenters. The molecule has 134 valence electrons. The van der Waals surface area contributed by atoms with E-state index in [4.69, 9.17) is 9.47 Å². The lowest BCUT2D eigenvalue weighted by Crippen LogP contribution is -2.49. The van der Waals surface area contributed by atoms with Crippen LogP contribution in [0.25, 0.3) is 0 Å². The number of benzene rings is 1. The maximum Gasteiger partial charge on any atom is 0.281 e. The van der Waals surface area contributed by atoms with Gasteiger partial charge in [0.2, 0.25) is 0 Å². The van der Waals surface area contributed by atoms with Gasteiger partial charge in [-0.2, -0.15) is 17.0 Å². The van der Waals surface area contributed by atoms with Gasteiger partial charge >= 0.3 is 0 Å². The molecule has 2 aliphatic rings. The molecule has 1 fully saturated rings. The molecule has 1 heterocycles. The van der Waals surface area contributed by atoms with Crippen molar-refractivity contribution in [2.45, 2.75) is 44.2 Å². The van der Waals surface area contributed by atoms with Gasteiger partial charge in [-0.05, 0) is 25.0 Å². The average Bonchev–Trinajstić information content (AvgIpc) is 2.61. The minimum atomic E-state index is -3.48. The highest BCUT2D eigenvalue weighted by atomic mass is 32.2. The second-order valence-electron chi connectivity index (χ2n) is 6.59. The Labute approximate surface area is 144 Å². The summed E-state index contributed by atoms with van der Waals surface area (Å²) in [6.45, 7) is 0.623. The first kappa shape index (κ1) is 17.5. The van der Waals surface area contributed by atoms with Crippen LogP contribution in [0.1, 0.15) is 32.1 Å². The summed E-state index contributed by atoms with van der Waals surface area (Å²) in [4.78, 5) is 0. The van der Waals surface area contributed by atoms with Crippen molar-refractivity contribution in [3.8, 4) is 11.5 Å². The molecule has 0 unspecified atom stereocenters. The highest BCUT2D eigenvalue weighted by Gasteiger charge is 2.33. The van der Waals surface area contributed by atoms with Crippen LogP contribution >= 0.6 is 0 Å². The standard InChI is InChI=1S/C17H26N2O4S/c1-18(24(20,21)19(2)14-8-4-3-5-9-14)12-15-13-22-16-10-6-7-11-17(16)23-15/h6-7,10-11,14-15H,3-5,8-9,12-13H2,1-2H3/t15-/m0/s1. The van der Waals surface area contributed by atoms with Gasteiger partial charge in [-0.3, -0.25) is 0 Å². The SMILES string of the molecule is CN(C[C@H]1COc2ccccc2O1)S(=O)(=O)N(C)C1CCCCC1. The Morgan fingerprint density at radius 3 is 2.46 bits per heavy atom. The molecular formula is C17H26N2O4S. The van der Waals surface area contributed by atoms with Crippen LogP contribution in [-0.2, 0) is 10.2 Å². The summed E-state index contributed by atoms with van der Waals surface area (Å²) in [5.41, 5.74) is 0. The van der Waals surface area contributed by atoms with Crippen molar-refractivity contribution < 1.29 is 17.9 Å². The molecule has 3 rings (SSSR count). The molecule has 7 heteroatoms. The Hall–Kier alpha value is -1.31. The van der Waals surface area contributed by atoms with Crippen LogP contribution in [0, 0.1) is 0 Å². The van der Waals surface area contributed by atoms with Crippen molar-refractivity contribution >= 4 is 10.2 Å². The molecule has 0 radical (unpaired) electrons. The number of hydrogen-bond acceptors (Lipinski definition) is 4. The topological polar surface area (TPSA) is 59.1 Å². The van der Waals surface area contributed by atoms with Crippen LogP contribution in [0.3, 0.4) is 0 Å². The van der Waals surface area contributed by atoms with Crippen molar-refractivity contribution in [2.75, 3.05) is 27.2 Å². The molecule has 1 aliphatic heterocycles. The monoisotopic (exact) mass is 354 g/mol. The van der Waals surface area contributed by atoms with E-state index in [1.165, 1.54) is 15.0 Å². The van der Waals surface area contributed by atoms with E-state index < -0.39 is 10.2 Å². The third kappa shape index (κ3) is 3.68. The number of ether oxygens (including phenoxy) is 2. The smallest absolute Gasteiger partial charge is 0.281 e. The average molecular weight is 354 g/mol. The fourth-order valence-corrected chi connectivity index (χ4v) is 4.77. The normalized spacial score (nSPS) is 22.1. The Kier molecular flexibility index (Phi) is 5.32. The number of nitrogens with zero attached hydrogens (tertiary/aromatic N) is 2. The summed E-state index contributed by atoms with van der Waals surface area (Å²) in [5.74, 6) is 1.37. The lowest BCUT2D eigenvalue weighted by molar-refractivity contribution is 0.0784. The van der Waals surface area contributed by atoms with E-state index in [0.29, 0.717) is 18.1 Å². The molecule has 1 aromatic carbocycles. The molecule has 1 aliphatic carbocycles. The summed E-state index contributed by atoms with van der Waals surface area (Å²) < 4.78 is 40.1. The van der Waals surface area contributed by atoms with Crippen molar-refractivity contribution in [3.63, 3.8) is 0 Å². The molecule has 24 heavy (non-hydrogen) atoms. The maximum atomic E-state index is 12.8. The van der Waals surface area contributed by atoms with Gasteiger partial charge < -0.3 is 9.47 Å². The summed E-state index contributed by atoms with van der Waals surface area (Å²) in [7, 11) is -0.185. The van der Waals surface area contributed by atoms with E-state index in [1.807, 2.05) is 24.3 Å². The first-order valence-corrected chi connectivity index (χ1v) is 9.96. The van der Waals surface area contributed by atoms with E-state index in [1.54, 1.807) is 14.1 Å². The molecule has 0 N–H and O–H groups in total. The quantitative estimate of drug-likeness (QED) is 0.814. The van der Waals surface area contributed by atoms with Gasteiger partial charge in [0.1, 0.15) is 12.7 Å². The second kappa shape index (κ2) is 7.29. The third-order valence-corrected chi connectivity index (χ3v) is 6.84. The molecule has 0 bridgehead atoms. The van der Waals surface area contributed by atoms with E-state index in [-0.39, 0.29) is 18.7 Å². The van der Waals surface area contributed by atoms with Gasteiger partial charge in [-0.25, -0.2) is 0 Å². The number of hydrogen-bond donors (Lipinski definition) is 0. The Balaban J connectivity index is 1.62. The lowest BCUT2D eigenvalue weighted by Gasteiger charge is -2.35. The summed E-state index contributed by atoms with van der Waals surface area (Å²) in [6.07, 6.45) is 4.99. The van der Waals surface area contributed by atoms with Gasteiger partial charge in [-0.15, -0.1) is 0 Å². The molecule has 6 nitrogen and oxygen atoms in total. The Morgan fingerprint density at radius 2 is 1.75 bits per heavy atom. The molecule has 0 spiro atoms. The minimum absolute atomic E-state index is 0.107. The number of rotatable bonds is 5. The van der Waals surface area contributed by atoms with Crippen LogP contribution in [0.4, 0.5) is 0 Å². The summed E-state index contributed by atoms with van der Waals surface area (Å²) >= 11 is 0. The van der Waals surface area contributed by atoms with Crippen LogP contribution in [0.5, 0.6) is 11.5 Å². The highest BCUT2D eigenvalue weighted by molar-refractivity contribution is 7.86. The zero-order valence-electron chi connectivity index (χ0n) is 14.3. The summed E-state index contributed by atoms with van der Waals surface area (Å²) in [5, 5.41) is 0. The van der Waals surface area contributed by atoms with Crippen molar-refractivity contribution in [1.82, 2.24) is 8.61 Å². The molecular weight excluding hydrogens is 328 g/mol. The number of para-hydroxylation sites is 2. The third-order valence-electron chi connectivity index (χ3n) is 4.87. The zero-order chi connectivity index (χ0) is 17.2. The van der Waals surface area contributed by atoms with Crippen molar-refractivity contribution in [3.05, 3.63) is 24.3 Å². The number of fused-ring (bicyclic) bond motifs is 1. The first-order chi connectivity index (χ1) is 11.5. The maximum absolute atomic E-state index is 12.8. The van der Waals surface area contributed by atoms with Gasteiger partial charge in [0.05, 0.1) is 6.54 Å². The van der Waals surface area contributed by atoms with Crippen LogP contribution < -0.4 is 9.47 Å². The van der Waals surface area contributed by atoms with Crippen molar-refractivity contribution in [1.29, 1.82) is 0 Å². The fourth-order valence-electron chi connectivity index (χ4n) is 3.39. The van der Waals surface area contributed by atoms with E-state index in [9.17, 15) is 8.42 Å². The highest BCUT2D eigenvalue weighted by Crippen LogP contribution is 2.31. The predicted molar refractivity (Wildman–Crippen MR) is 92.5 cm³/mol. The number of likely N-dealkylation sites (N-methyl/N-ethyl adjacent to an activating group) is 1. The van der Waals surface area contributed by atoms with Gasteiger partial charge in [0.15, 0.2) is 11.5 Å². The van der Waals surface area contributed by atoms with E-state index >= 15 is 0 Å². The zero-order valence-corrected chi connectivity index (χ0v) is 15.2. The van der Waals surface area contributed by atoms with E-state index in [2.05, 4.69) is 0 Å². The molecule has 1 aromatic rings. The fraction of sp³-hybridized carbons (Fsp3) is 0.647. The van der Waals surface area contributed by atoms with Crippen LogP contribution in [0.15, 0.2) is 24.3 Å².